The van der Waals surface area contributed by atoms with Crippen molar-refractivity contribution >= 4 is 11.6 Å². The summed E-state index contributed by atoms with van der Waals surface area (Å²) in [6.45, 7) is 3.08. The smallest absolute Gasteiger partial charge is 0.193 e. The first-order chi connectivity index (χ1) is 11.2. The summed E-state index contributed by atoms with van der Waals surface area (Å²) in [5, 5.41) is 3.12. The van der Waals surface area contributed by atoms with Crippen LogP contribution >= 0.6 is 0 Å². The van der Waals surface area contributed by atoms with Crippen LogP contribution in [0.4, 0.5) is 5.69 Å². The first-order valence-electron chi connectivity index (χ1n) is 8.45. The Morgan fingerprint density at radius 2 is 1.87 bits per heavy atom. The fraction of sp³-hybridized carbons (Fsp3) is 0.611. The Kier molecular flexibility index (Phi) is 6.56. The van der Waals surface area contributed by atoms with Crippen LogP contribution in [0.2, 0.25) is 0 Å². The van der Waals surface area contributed by atoms with E-state index < -0.39 is 0 Å². The zero-order valence-corrected chi connectivity index (χ0v) is 14.5. The minimum atomic E-state index is 0.425. The largest absolute Gasteiger partial charge is 0.497 e. The van der Waals surface area contributed by atoms with Gasteiger partial charge in [-0.05, 0) is 36.8 Å². The molecule has 2 rings (SSSR count). The van der Waals surface area contributed by atoms with Crippen LogP contribution in [0.1, 0.15) is 39.0 Å². The molecule has 0 heterocycles. The molecule has 1 fully saturated rings. The molecule has 1 aliphatic rings. The summed E-state index contributed by atoms with van der Waals surface area (Å²) in [7, 11) is 3.27. The van der Waals surface area contributed by atoms with E-state index in [9.17, 15) is 0 Å². The van der Waals surface area contributed by atoms with Crippen LogP contribution in [0.15, 0.2) is 23.2 Å². The molecular formula is C18H29N3O2. The van der Waals surface area contributed by atoms with E-state index in [-0.39, 0.29) is 0 Å². The third kappa shape index (κ3) is 5.05. The monoisotopic (exact) mass is 319 g/mol. The second-order valence-electron chi connectivity index (χ2n) is 6.21. The van der Waals surface area contributed by atoms with Gasteiger partial charge >= 0.3 is 0 Å². The number of guanidine groups is 1. The number of ether oxygens (including phenoxy) is 2. The van der Waals surface area contributed by atoms with Crippen LogP contribution in [0.25, 0.3) is 0 Å². The lowest BCUT2D eigenvalue weighted by Gasteiger charge is -2.26. The van der Waals surface area contributed by atoms with Crippen LogP contribution < -0.4 is 20.5 Å². The summed E-state index contributed by atoms with van der Waals surface area (Å²) in [5.74, 6) is 3.46. The van der Waals surface area contributed by atoms with Crippen molar-refractivity contribution in [3.63, 3.8) is 0 Å². The molecule has 3 N–H and O–H groups in total. The minimum absolute atomic E-state index is 0.425. The van der Waals surface area contributed by atoms with Gasteiger partial charge in [0.2, 0.25) is 0 Å². The molecule has 23 heavy (non-hydrogen) atoms. The number of methoxy groups -OCH3 is 2. The van der Waals surface area contributed by atoms with E-state index in [4.69, 9.17) is 15.2 Å². The van der Waals surface area contributed by atoms with Gasteiger partial charge < -0.3 is 20.5 Å². The molecule has 0 aromatic heterocycles. The number of benzene rings is 1. The number of rotatable bonds is 6. The SMILES string of the molecule is CCC1CCC(CN=C(N)Nc2cc(OC)ccc2OC)CC1. The predicted octanol–water partition coefficient (Wildman–Crippen LogP) is 3.65. The number of aliphatic imine (C=N–C) groups is 1. The fourth-order valence-corrected chi connectivity index (χ4v) is 3.14. The third-order valence-corrected chi connectivity index (χ3v) is 4.73. The molecule has 0 aliphatic heterocycles. The number of nitrogens with two attached hydrogens (primary N) is 1. The maximum absolute atomic E-state index is 6.03. The van der Waals surface area contributed by atoms with Crippen molar-refractivity contribution in [2.75, 3.05) is 26.1 Å². The highest BCUT2D eigenvalue weighted by Crippen LogP contribution is 2.31. The van der Waals surface area contributed by atoms with Gasteiger partial charge in [0.1, 0.15) is 11.5 Å². The van der Waals surface area contributed by atoms with Crippen molar-refractivity contribution in [2.24, 2.45) is 22.6 Å². The fourth-order valence-electron chi connectivity index (χ4n) is 3.14. The molecule has 0 saturated heterocycles. The molecule has 5 nitrogen and oxygen atoms in total. The van der Waals surface area contributed by atoms with E-state index in [1.54, 1.807) is 14.2 Å². The average molecular weight is 319 g/mol. The molecule has 0 unspecified atom stereocenters. The highest BCUT2D eigenvalue weighted by Gasteiger charge is 2.19. The van der Waals surface area contributed by atoms with Crippen molar-refractivity contribution in [1.29, 1.82) is 0 Å². The lowest BCUT2D eigenvalue weighted by molar-refractivity contribution is 0.274. The van der Waals surface area contributed by atoms with Crippen molar-refractivity contribution in [3.8, 4) is 11.5 Å². The Bertz CT molecular complexity index is 523. The number of nitrogens with zero attached hydrogens (tertiary/aromatic N) is 1. The topological polar surface area (TPSA) is 68.9 Å². The summed E-state index contributed by atoms with van der Waals surface area (Å²) < 4.78 is 10.6. The Morgan fingerprint density at radius 1 is 1.17 bits per heavy atom. The third-order valence-electron chi connectivity index (χ3n) is 4.73. The van der Waals surface area contributed by atoms with Crippen LogP contribution in [0.3, 0.4) is 0 Å². The summed E-state index contributed by atoms with van der Waals surface area (Å²) in [5.41, 5.74) is 6.80. The normalized spacial score (nSPS) is 21.8. The molecule has 1 saturated carbocycles. The number of hydrogen-bond donors (Lipinski definition) is 2. The van der Waals surface area contributed by atoms with Gasteiger partial charge in [-0.15, -0.1) is 0 Å². The summed E-state index contributed by atoms with van der Waals surface area (Å²) in [6.07, 6.45) is 6.48. The molecule has 1 aromatic rings. The van der Waals surface area contributed by atoms with Gasteiger partial charge in [-0.1, -0.05) is 26.2 Å². The first kappa shape index (κ1) is 17.4. The maximum atomic E-state index is 6.03. The quantitative estimate of drug-likeness (QED) is 0.620. The van der Waals surface area contributed by atoms with Gasteiger partial charge in [0.25, 0.3) is 0 Å². The molecule has 0 spiro atoms. The highest BCUT2D eigenvalue weighted by atomic mass is 16.5. The van der Waals surface area contributed by atoms with Gasteiger partial charge in [-0.3, -0.25) is 4.99 Å². The van der Waals surface area contributed by atoms with Crippen LogP contribution in [0.5, 0.6) is 11.5 Å². The molecule has 1 aliphatic carbocycles. The molecular weight excluding hydrogens is 290 g/mol. The van der Waals surface area contributed by atoms with Crippen LogP contribution in [0, 0.1) is 11.8 Å². The molecule has 1 aromatic carbocycles. The molecule has 0 atom stereocenters. The van der Waals surface area contributed by atoms with E-state index in [0.29, 0.717) is 17.6 Å². The predicted molar refractivity (Wildman–Crippen MR) is 95.4 cm³/mol. The van der Waals surface area contributed by atoms with E-state index >= 15 is 0 Å². The number of nitrogens with one attached hydrogen (secondary N) is 1. The van der Waals surface area contributed by atoms with Crippen LogP contribution in [-0.2, 0) is 0 Å². The van der Waals surface area contributed by atoms with Gasteiger partial charge in [0, 0.05) is 12.6 Å². The van der Waals surface area contributed by atoms with Gasteiger partial charge in [-0.25, -0.2) is 0 Å². The van der Waals surface area contributed by atoms with Crippen molar-refractivity contribution in [2.45, 2.75) is 39.0 Å². The lowest BCUT2D eigenvalue weighted by Crippen LogP contribution is -2.25. The van der Waals surface area contributed by atoms with Crippen molar-refractivity contribution in [3.05, 3.63) is 18.2 Å². The molecule has 0 bridgehead atoms. The summed E-state index contributed by atoms with van der Waals surface area (Å²) in [4.78, 5) is 4.51. The summed E-state index contributed by atoms with van der Waals surface area (Å²) in [6, 6.07) is 5.55. The lowest BCUT2D eigenvalue weighted by atomic mass is 9.81. The van der Waals surface area contributed by atoms with Crippen molar-refractivity contribution in [1.82, 2.24) is 0 Å². The van der Waals surface area contributed by atoms with Crippen LogP contribution in [-0.4, -0.2) is 26.7 Å². The van der Waals surface area contributed by atoms with E-state index in [1.807, 2.05) is 18.2 Å². The van der Waals surface area contributed by atoms with E-state index in [0.717, 1.165) is 23.9 Å². The number of hydrogen-bond acceptors (Lipinski definition) is 3. The Balaban J connectivity index is 1.92. The van der Waals surface area contributed by atoms with Gasteiger partial charge in [0.15, 0.2) is 5.96 Å². The number of anilines is 1. The summed E-state index contributed by atoms with van der Waals surface area (Å²) >= 11 is 0. The molecule has 0 radical (unpaired) electrons. The first-order valence-corrected chi connectivity index (χ1v) is 8.45. The van der Waals surface area contributed by atoms with E-state index in [1.165, 1.54) is 32.1 Å². The molecule has 0 amide bonds. The Labute approximate surface area is 139 Å². The zero-order valence-electron chi connectivity index (χ0n) is 14.5. The van der Waals surface area contributed by atoms with Crippen molar-refractivity contribution < 1.29 is 9.47 Å². The highest BCUT2D eigenvalue weighted by molar-refractivity contribution is 5.94. The Morgan fingerprint density at radius 3 is 2.48 bits per heavy atom. The van der Waals surface area contributed by atoms with Gasteiger partial charge in [-0.2, -0.15) is 0 Å². The second kappa shape index (κ2) is 8.65. The van der Waals surface area contributed by atoms with E-state index in [2.05, 4.69) is 17.2 Å². The molecule has 5 heteroatoms. The standard InChI is InChI=1S/C18H29N3O2/c1-4-13-5-7-14(8-6-13)12-20-18(19)21-16-11-15(22-2)9-10-17(16)23-3/h9-11,13-14H,4-8,12H2,1-3H3,(H3,19,20,21). The molecule has 128 valence electrons. The minimum Gasteiger partial charge on any atom is -0.497 e. The van der Waals surface area contributed by atoms with Gasteiger partial charge in [0.05, 0.1) is 19.9 Å². The Hall–Kier alpha value is -1.91. The zero-order chi connectivity index (χ0) is 16.7. The maximum Gasteiger partial charge on any atom is 0.193 e. The average Bonchev–Trinajstić information content (AvgIpc) is 2.60. The second-order valence-corrected chi connectivity index (χ2v) is 6.21.